The average Bonchev–Trinajstić information content (AvgIpc) is 2.93. The van der Waals surface area contributed by atoms with Crippen molar-refractivity contribution < 1.29 is 4.52 Å². The molecular formula is C16H21ClN4O. The van der Waals surface area contributed by atoms with Crippen LogP contribution in [0.4, 0.5) is 0 Å². The van der Waals surface area contributed by atoms with Crippen molar-refractivity contribution in [3.05, 3.63) is 46.6 Å². The number of hydrogen-bond donors (Lipinski definition) is 0. The number of benzene rings is 1. The molecule has 1 fully saturated rings. The number of hydrogen-bond acceptors (Lipinski definition) is 5. The molecule has 118 valence electrons. The van der Waals surface area contributed by atoms with Crippen LogP contribution >= 0.6 is 11.6 Å². The first-order chi connectivity index (χ1) is 10.6. The Kier molecular flexibility index (Phi) is 4.76. The van der Waals surface area contributed by atoms with Gasteiger partial charge >= 0.3 is 0 Å². The SMILES string of the molecule is Cc1nc(CN2CCN(C(C)c3ccc(Cl)cc3)CC2)no1. The number of aryl methyl sites for hydroxylation is 1. The normalized spacial score (nSPS) is 18.5. The monoisotopic (exact) mass is 320 g/mol. The van der Waals surface area contributed by atoms with Gasteiger partial charge in [-0.15, -0.1) is 0 Å². The van der Waals surface area contributed by atoms with Crippen LogP contribution in [0.1, 0.15) is 30.2 Å². The third-order valence-electron chi connectivity index (χ3n) is 4.24. The molecule has 1 aliphatic rings. The zero-order valence-electron chi connectivity index (χ0n) is 13.0. The van der Waals surface area contributed by atoms with Gasteiger partial charge in [0.05, 0.1) is 6.54 Å². The van der Waals surface area contributed by atoms with E-state index in [4.69, 9.17) is 16.1 Å². The van der Waals surface area contributed by atoms with Crippen molar-refractivity contribution in [1.29, 1.82) is 0 Å². The molecule has 0 radical (unpaired) electrons. The summed E-state index contributed by atoms with van der Waals surface area (Å²) in [7, 11) is 0. The molecule has 22 heavy (non-hydrogen) atoms. The third-order valence-corrected chi connectivity index (χ3v) is 4.49. The molecule has 5 nitrogen and oxygen atoms in total. The molecule has 1 aromatic heterocycles. The summed E-state index contributed by atoms with van der Waals surface area (Å²) in [5, 5.41) is 4.75. The second kappa shape index (κ2) is 6.77. The zero-order chi connectivity index (χ0) is 15.5. The molecular weight excluding hydrogens is 300 g/mol. The maximum atomic E-state index is 5.96. The first kappa shape index (κ1) is 15.5. The summed E-state index contributed by atoms with van der Waals surface area (Å²) in [5.74, 6) is 1.40. The largest absolute Gasteiger partial charge is 0.340 e. The Morgan fingerprint density at radius 1 is 1.18 bits per heavy atom. The van der Waals surface area contributed by atoms with Gasteiger partial charge in [0, 0.05) is 44.2 Å². The number of piperazine rings is 1. The molecule has 1 aromatic carbocycles. The standard InChI is InChI=1S/C16H21ClN4O/c1-12(14-3-5-15(17)6-4-14)21-9-7-20(8-10-21)11-16-18-13(2)22-19-16/h3-6,12H,7-11H2,1-2H3. The Bertz CT molecular complexity index is 605. The van der Waals surface area contributed by atoms with Crippen molar-refractivity contribution in [3.8, 4) is 0 Å². The summed E-state index contributed by atoms with van der Waals surface area (Å²) >= 11 is 5.96. The lowest BCUT2D eigenvalue weighted by Crippen LogP contribution is -2.46. The highest BCUT2D eigenvalue weighted by Gasteiger charge is 2.22. The van der Waals surface area contributed by atoms with Crippen LogP contribution in [0.3, 0.4) is 0 Å². The molecule has 0 spiro atoms. The molecule has 0 saturated carbocycles. The summed E-state index contributed by atoms with van der Waals surface area (Å²) in [6.07, 6.45) is 0. The smallest absolute Gasteiger partial charge is 0.223 e. The highest BCUT2D eigenvalue weighted by molar-refractivity contribution is 6.30. The summed E-state index contributed by atoms with van der Waals surface area (Å²) in [6, 6.07) is 8.56. The maximum Gasteiger partial charge on any atom is 0.223 e. The van der Waals surface area contributed by atoms with Gasteiger partial charge in [0.1, 0.15) is 0 Å². The average molecular weight is 321 g/mol. The van der Waals surface area contributed by atoms with Gasteiger partial charge in [-0.2, -0.15) is 4.98 Å². The molecule has 2 heterocycles. The van der Waals surface area contributed by atoms with Crippen LogP contribution in [-0.2, 0) is 6.54 Å². The van der Waals surface area contributed by atoms with E-state index in [2.05, 4.69) is 39.0 Å². The topological polar surface area (TPSA) is 45.4 Å². The minimum atomic E-state index is 0.409. The van der Waals surface area contributed by atoms with E-state index in [0.717, 1.165) is 43.6 Å². The molecule has 1 unspecified atom stereocenters. The van der Waals surface area contributed by atoms with Crippen LogP contribution in [0.15, 0.2) is 28.8 Å². The van der Waals surface area contributed by atoms with Gasteiger partial charge in [-0.05, 0) is 24.6 Å². The Balaban J connectivity index is 1.53. The van der Waals surface area contributed by atoms with Crippen molar-refractivity contribution in [2.45, 2.75) is 26.4 Å². The second-order valence-electron chi connectivity index (χ2n) is 5.77. The zero-order valence-corrected chi connectivity index (χ0v) is 13.8. The van der Waals surface area contributed by atoms with Gasteiger partial charge in [-0.1, -0.05) is 28.9 Å². The lowest BCUT2D eigenvalue weighted by molar-refractivity contribution is 0.0956. The van der Waals surface area contributed by atoms with E-state index in [1.54, 1.807) is 0 Å². The van der Waals surface area contributed by atoms with Crippen molar-refractivity contribution in [2.75, 3.05) is 26.2 Å². The Hall–Kier alpha value is -1.43. The molecule has 0 N–H and O–H groups in total. The first-order valence-corrected chi connectivity index (χ1v) is 8.00. The van der Waals surface area contributed by atoms with Crippen LogP contribution in [-0.4, -0.2) is 46.1 Å². The van der Waals surface area contributed by atoms with Gasteiger partial charge < -0.3 is 4.52 Å². The van der Waals surface area contributed by atoms with Crippen LogP contribution in [0.2, 0.25) is 5.02 Å². The molecule has 1 aliphatic heterocycles. The number of rotatable bonds is 4. The number of nitrogens with zero attached hydrogens (tertiary/aromatic N) is 4. The predicted molar refractivity (Wildman–Crippen MR) is 85.8 cm³/mol. The van der Waals surface area contributed by atoms with Crippen LogP contribution in [0, 0.1) is 6.92 Å². The van der Waals surface area contributed by atoms with E-state index in [1.807, 2.05) is 19.1 Å². The van der Waals surface area contributed by atoms with Crippen LogP contribution < -0.4 is 0 Å². The van der Waals surface area contributed by atoms with Crippen molar-refractivity contribution in [3.63, 3.8) is 0 Å². The van der Waals surface area contributed by atoms with Gasteiger partial charge in [0.15, 0.2) is 5.82 Å². The van der Waals surface area contributed by atoms with Gasteiger partial charge in [0.25, 0.3) is 0 Å². The van der Waals surface area contributed by atoms with E-state index in [-0.39, 0.29) is 0 Å². The molecule has 0 amide bonds. The summed E-state index contributed by atoms with van der Waals surface area (Å²) in [4.78, 5) is 9.14. The highest BCUT2D eigenvalue weighted by Crippen LogP contribution is 2.23. The molecule has 1 atom stereocenters. The molecule has 2 aromatic rings. The molecule has 3 rings (SSSR count). The van der Waals surface area contributed by atoms with E-state index >= 15 is 0 Å². The maximum absolute atomic E-state index is 5.96. The Labute approximate surface area is 135 Å². The summed E-state index contributed by atoms with van der Waals surface area (Å²) in [5.41, 5.74) is 1.31. The fraction of sp³-hybridized carbons (Fsp3) is 0.500. The first-order valence-electron chi connectivity index (χ1n) is 7.63. The fourth-order valence-electron chi connectivity index (χ4n) is 2.87. The van der Waals surface area contributed by atoms with Crippen molar-refractivity contribution >= 4 is 11.6 Å². The highest BCUT2D eigenvalue weighted by atomic mass is 35.5. The molecule has 0 aliphatic carbocycles. The van der Waals surface area contributed by atoms with E-state index in [1.165, 1.54) is 5.56 Å². The van der Waals surface area contributed by atoms with E-state index < -0.39 is 0 Å². The fourth-order valence-corrected chi connectivity index (χ4v) is 2.99. The molecule has 6 heteroatoms. The lowest BCUT2D eigenvalue weighted by atomic mass is 10.1. The van der Waals surface area contributed by atoms with Gasteiger partial charge in [-0.25, -0.2) is 0 Å². The predicted octanol–water partition coefficient (Wildman–Crippen LogP) is 2.91. The molecule has 1 saturated heterocycles. The lowest BCUT2D eigenvalue weighted by Gasteiger charge is -2.37. The second-order valence-corrected chi connectivity index (χ2v) is 6.21. The van der Waals surface area contributed by atoms with Gasteiger partial charge in [0.2, 0.25) is 5.89 Å². The van der Waals surface area contributed by atoms with Crippen molar-refractivity contribution in [1.82, 2.24) is 19.9 Å². The number of aromatic nitrogens is 2. The summed E-state index contributed by atoms with van der Waals surface area (Å²) < 4.78 is 5.02. The number of halogens is 1. The van der Waals surface area contributed by atoms with Gasteiger partial charge in [-0.3, -0.25) is 9.80 Å². The van der Waals surface area contributed by atoms with Crippen LogP contribution in [0.25, 0.3) is 0 Å². The van der Waals surface area contributed by atoms with E-state index in [9.17, 15) is 0 Å². The third kappa shape index (κ3) is 3.66. The minimum Gasteiger partial charge on any atom is -0.340 e. The Morgan fingerprint density at radius 3 is 2.45 bits per heavy atom. The quantitative estimate of drug-likeness (QED) is 0.866. The van der Waals surface area contributed by atoms with Crippen LogP contribution in [0.5, 0.6) is 0 Å². The van der Waals surface area contributed by atoms with E-state index in [0.29, 0.717) is 11.9 Å². The molecule has 0 bridgehead atoms. The summed E-state index contributed by atoms with van der Waals surface area (Å²) in [6.45, 7) is 8.96. The minimum absolute atomic E-state index is 0.409. The van der Waals surface area contributed by atoms with Crippen molar-refractivity contribution in [2.24, 2.45) is 0 Å². The Morgan fingerprint density at radius 2 is 1.86 bits per heavy atom.